The van der Waals surface area contributed by atoms with Gasteiger partial charge in [0, 0.05) is 27.7 Å². The molecule has 1 heterocycles. The van der Waals surface area contributed by atoms with Crippen LogP contribution in [0, 0.1) is 3.57 Å². The number of nitrogens with one attached hydrogen (secondary N) is 1. The van der Waals surface area contributed by atoms with Gasteiger partial charge in [0.25, 0.3) is 0 Å². The lowest BCUT2D eigenvalue weighted by atomic mass is 10.2. The van der Waals surface area contributed by atoms with E-state index in [0.717, 1.165) is 20.6 Å². The Balaban J connectivity index is 1.55. The Morgan fingerprint density at radius 3 is 2.57 bits per heavy atom. The Morgan fingerprint density at radius 2 is 1.83 bits per heavy atom. The van der Waals surface area contributed by atoms with E-state index in [1.54, 1.807) is 6.20 Å². The highest BCUT2D eigenvalue weighted by atomic mass is 127. The Hall–Kier alpha value is -2.15. The van der Waals surface area contributed by atoms with Crippen molar-refractivity contribution in [3.05, 3.63) is 70.3 Å². The third-order valence-electron chi connectivity index (χ3n) is 3.31. The van der Waals surface area contributed by atoms with Gasteiger partial charge in [-0.2, -0.15) is 0 Å². The quantitative estimate of drug-likeness (QED) is 0.621. The number of halogens is 1. The topological polar surface area (TPSA) is 55.1 Å². The van der Waals surface area contributed by atoms with Crippen molar-refractivity contribution < 1.29 is 9.21 Å². The average molecular weight is 418 g/mol. The average Bonchev–Trinajstić information content (AvgIpc) is 3.05. The summed E-state index contributed by atoms with van der Waals surface area (Å²) in [6, 6.07) is 17.5. The fraction of sp³-hybridized carbons (Fsp3) is 0.111. The van der Waals surface area contributed by atoms with Gasteiger partial charge in [-0.25, -0.2) is 4.98 Å². The van der Waals surface area contributed by atoms with Crippen molar-refractivity contribution in [1.82, 2.24) is 4.98 Å². The van der Waals surface area contributed by atoms with E-state index in [1.165, 1.54) is 0 Å². The van der Waals surface area contributed by atoms with Gasteiger partial charge in [0.05, 0.1) is 6.20 Å². The SMILES string of the molecule is O=C(CCc1ncc(-c2ccccc2)o1)Nc1ccc(I)cc1. The van der Waals surface area contributed by atoms with Crippen LogP contribution >= 0.6 is 22.6 Å². The van der Waals surface area contributed by atoms with E-state index in [2.05, 4.69) is 32.9 Å². The molecular weight excluding hydrogens is 403 g/mol. The highest BCUT2D eigenvalue weighted by Crippen LogP contribution is 2.20. The van der Waals surface area contributed by atoms with Crippen LogP contribution < -0.4 is 5.32 Å². The molecule has 2 aromatic carbocycles. The minimum atomic E-state index is -0.0503. The highest BCUT2D eigenvalue weighted by molar-refractivity contribution is 14.1. The molecule has 0 aliphatic carbocycles. The third-order valence-corrected chi connectivity index (χ3v) is 4.02. The number of aryl methyl sites for hydroxylation is 1. The molecule has 4 nitrogen and oxygen atoms in total. The molecule has 0 fully saturated rings. The number of carbonyl (C=O) groups is 1. The molecule has 23 heavy (non-hydrogen) atoms. The van der Waals surface area contributed by atoms with Crippen molar-refractivity contribution in [2.45, 2.75) is 12.8 Å². The van der Waals surface area contributed by atoms with Crippen LogP contribution in [-0.4, -0.2) is 10.9 Å². The molecule has 0 bridgehead atoms. The summed E-state index contributed by atoms with van der Waals surface area (Å²) in [5.74, 6) is 1.24. The largest absolute Gasteiger partial charge is 0.441 e. The molecule has 0 saturated carbocycles. The number of rotatable bonds is 5. The van der Waals surface area contributed by atoms with Crippen LogP contribution in [0.15, 0.2) is 65.2 Å². The zero-order valence-corrected chi connectivity index (χ0v) is 14.5. The van der Waals surface area contributed by atoms with Crippen molar-refractivity contribution >= 4 is 34.2 Å². The monoisotopic (exact) mass is 418 g/mol. The summed E-state index contributed by atoms with van der Waals surface area (Å²) in [5.41, 5.74) is 1.78. The number of benzene rings is 2. The van der Waals surface area contributed by atoms with Gasteiger partial charge < -0.3 is 9.73 Å². The van der Waals surface area contributed by atoms with Crippen molar-refractivity contribution in [2.24, 2.45) is 0 Å². The van der Waals surface area contributed by atoms with E-state index in [-0.39, 0.29) is 5.91 Å². The number of nitrogens with zero attached hydrogens (tertiary/aromatic N) is 1. The van der Waals surface area contributed by atoms with E-state index in [0.29, 0.717) is 18.7 Å². The summed E-state index contributed by atoms with van der Waals surface area (Å²) >= 11 is 2.23. The first-order valence-electron chi connectivity index (χ1n) is 7.26. The van der Waals surface area contributed by atoms with Gasteiger partial charge in [-0.1, -0.05) is 30.3 Å². The second-order valence-corrected chi connectivity index (χ2v) is 6.28. The van der Waals surface area contributed by atoms with Gasteiger partial charge in [0.2, 0.25) is 5.91 Å². The molecule has 1 amide bonds. The number of carbonyl (C=O) groups excluding carboxylic acids is 1. The standard InChI is InChI=1S/C18H15IN2O2/c19-14-6-8-15(9-7-14)21-17(22)10-11-18-20-12-16(23-18)13-4-2-1-3-5-13/h1-9,12H,10-11H2,(H,21,22). The number of hydrogen-bond acceptors (Lipinski definition) is 3. The number of oxazole rings is 1. The van der Waals surface area contributed by atoms with E-state index in [4.69, 9.17) is 4.42 Å². The molecule has 0 aliphatic heterocycles. The third kappa shape index (κ3) is 4.41. The second kappa shape index (κ2) is 7.41. The molecule has 0 unspecified atom stereocenters. The Labute approximate surface area is 148 Å². The van der Waals surface area contributed by atoms with Gasteiger partial charge in [0.15, 0.2) is 11.7 Å². The first-order chi connectivity index (χ1) is 11.2. The van der Waals surface area contributed by atoms with E-state index in [1.807, 2.05) is 54.6 Å². The highest BCUT2D eigenvalue weighted by Gasteiger charge is 2.09. The molecular formula is C18H15IN2O2. The van der Waals surface area contributed by atoms with Gasteiger partial charge >= 0.3 is 0 Å². The Morgan fingerprint density at radius 1 is 1.09 bits per heavy atom. The number of hydrogen-bond donors (Lipinski definition) is 1. The minimum absolute atomic E-state index is 0.0503. The zero-order valence-electron chi connectivity index (χ0n) is 12.3. The van der Waals surface area contributed by atoms with E-state index < -0.39 is 0 Å². The van der Waals surface area contributed by atoms with Crippen LogP contribution in [0.3, 0.4) is 0 Å². The summed E-state index contributed by atoms with van der Waals surface area (Å²) in [6.45, 7) is 0. The van der Waals surface area contributed by atoms with Crippen LogP contribution in [0.25, 0.3) is 11.3 Å². The van der Waals surface area contributed by atoms with Crippen LogP contribution in [0.2, 0.25) is 0 Å². The molecule has 0 spiro atoms. The maximum atomic E-state index is 12.0. The van der Waals surface area contributed by atoms with Crippen LogP contribution in [-0.2, 0) is 11.2 Å². The lowest BCUT2D eigenvalue weighted by Crippen LogP contribution is -2.12. The molecule has 0 saturated heterocycles. The maximum Gasteiger partial charge on any atom is 0.224 e. The van der Waals surface area contributed by atoms with Crippen molar-refractivity contribution in [3.63, 3.8) is 0 Å². The van der Waals surface area contributed by atoms with Crippen LogP contribution in [0.1, 0.15) is 12.3 Å². The van der Waals surface area contributed by atoms with Gasteiger partial charge in [-0.3, -0.25) is 4.79 Å². The predicted octanol–water partition coefficient (Wildman–Crippen LogP) is 4.52. The molecule has 3 rings (SSSR count). The van der Waals surface area contributed by atoms with Gasteiger partial charge in [0.1, 0.15) is 0 Å². The molecule has 116 valence electrons. The van der Waals surface area contributed by atoms with Crippen molar-refractivity contribution in [1.29, 1.82) is 0 Å². The van der Waals surface area contributed by atoms with Crippen LogP contribution in [0.4, 0.5) is 5.69 Å². The Bertz CT molecular complexity index is 782. The van der Waals surface area contributed by atoms with Crippen LogP contribution in [0.5, 0.6) is 0 Å². The summed E-state index contributed by atoms with van der Waals surface area (Å²) < 4.78 is 6.83. The molecule has 0 atom stereocenters. The maximum absolute atomic E-state index is 12.0. The minimum Gasteiger partial charge on any atom is -0.441 e. The first-order valence-corrected chi connectivity index (χ1v) is 8.34. The number of amides is 1. The normalized spacial score (nSPS) is 10.5. The zero-order chi connectivity index (χ0) is 16.1. The molecule has 0 radical (unpaired) electrons. The number of anilines is 1. The van der Waals surface area contributed by atoms with E-state index >= 15 is 0 Å². The molecule has 1 N–H and O–H groups in total. The molecule has 1 aromatic heterocycles. The van der Waals surface area contributed by atoms with E-state index in [9.17, 15) is 4.79 Å². The second-order valence-electron chi connectivity index (χ2n) is 5.04. The molecule has 3 aromatic rings. The number of aromatic nitrogens is 1. The first kappa shape index (κ1) is 15.7. The summed E-state index contributed by atoms with van der Waals surface area (Å²) in [4.78, 5) is 16.2. The smallest absolute Gasteiger partial charge is 0.224 e. The van der Waals surface area contributed by atoms with Gasteiger partial charge in [-0.05, 0) is 46.9 Å². The summed E-state index contributed by atoms with van der Waals surface area (Å²) in [6.07, 6.45) is 2.51. The molecule has 5 heteroatoms. The fourth-order valence-electron chi connectivity index (χ4n) is 2.14. The molecule has 0 aliphatic rings. The summed E-state index contributed by atoms with van der Waals surface area (Å²) in [7, 11) is 0. The lowest BCUT2D eigenvalue weighted by molar-refractivity contribution is -0.116. The fourth-order valence-corrected chi connectivity index (χ4v) is 2.50. The lowest BCUT2D eigenvalue weighted by Gasteiger charge is -2.04. The Kier molecular flexibility index (Phi) is 5.07. The van der Waals surface area contributed by atoms with Crippen molar-refractivity contribution in [2.75, 3.05) is 5.32 Å². The van der Waals surface area contributed by atoms with Gasteiger partial charge in [-0.15, -0.1) is 0 Å². The predicted molar refractivity (Wildman–Crippen MR) is 98.0 cm³/mol. The summed E-state index contributed by atoms with van der Waals surface area (Å²) in [5, 5.41) is 2.87. The van der Waals surface area contributed by atoms with Crippen molar-refractivity contribution in [3.8, 4) is 11.3 Å².